The number of alkyl halides is 5. The molecule has 0 unspecified atom stereocenters. The Bertz CT molecular complexity index is 679. The lowest BCUT2D eigenvalue weighted by Gasteiger charge is -2.23. The zero-order chi connectivity index (χ0) is 14.9. The number of aliphatic carboxylic acids is 1. The Morgan fingerprint density at radius 3 is 2.50 bits per heavy atom. The average molecular weight is 292 g/mol. The maximum Gasteiger partial charge on any atom is 0.435 e. The molecular weight excluding hydrogens is 287 g/mol. The molecule has 20 heavy (non-hydrogen) atoms. The van der Waals surface area contributed by atoms with Crippen LogP contribution in [0.5, 0.6) is 0 Å². The molecule has 0 saturated heterocycles. The van der Waals surface area contributed by atoms with Crippen LogP contribution in [0.2, 0.25) is 0 Å². The molecule has 0 aromatic carbocycles. The maximum atomic E-state index is 14.0. The van der Waals surface area contributed by atoms with E-state index in [0.29, 0.717) is 0 Å². The van der Waals surface area contributed by atoms with Crippen LogP contribution in [0.4, 0.5) is 22.0 Å². The molecule has 0 spiro atoms. The van der Waals surface area contributed by atoms with E-state index in [1.165, 1.54) is 0 Å². The minimum absolute atomic E-state index is 0.210. The SMILES string of the molecule is O=C(O)Cn1nc(C(F)(F)F)c2c1C(F)(F)[C@@H]1C#C[C@H]21. The third kappa shape index (κ3) is 1.47. The Morgan fingerprint density at radius 2 is 2.05 bits per heavy atom. The first-order valence-corrected chi connectivity index (χ1v) is 5.43. The Kier molecular flexibility index (Phi) is 2.26. The number of hydrogen-bond acceptors (Lipinski definition) is 2. The monoisotopic (exact) mass is 292 g/mol. The minimum Gasteiger partial charge on any atom is -0.480 e. The summed E-state index contributed by atoms with van der Waals surface area (Å²) < 4.78 is 66.8. The van der Waals surface area contributed by atoms with Gasteiger partial charge in [0.1, 0.15) is 18.2 Å². The smallest absolute Gasteiger partial charge is 0.435 e. The van der Waals surface area contributed by atoms with Gasteiger partial charge in [-0.3, -0.25) is 9.48 Å². The van der Waals surface area contributed by atoms with E-state index in [9.17, 15) is 26.7 Å². The molecular formula is C11H5F5N2O2. The second kappa shape index (κ2) is 3.50. The zero-order valence-electron chi connectivity index (χ0n) is 9.50. The zero-order valence-corrected chi connectivity index (χ0v) is 9.50. The highest BCUT2D eigenvalue weighted by Gasteiger charge is 2.62. The van der Waals surface area contributed by atoms with Crippen molar-refractivity contribution < 1.29 is 31.9 Å². The summed E-state index contributed by atoms with van der Waals surface area (Å²) in [6.45, 7) is -1.06. The fourth-order valence-electron chi connectivity index (χ4n) is 2.51. The number of carboxylic acid groups (broad SMARTS) is 1. The van der Waals surface area contributed by atoms with E-state index in [4.69, 9.17) is 5.11 Å². The highest BCUT2D eigenvalue weighted by molar-refractivity contribution is 5.67. The Labute approximate surface area is 108 Å². The second-order valence-corrected chi connectivity index (χ2v) is 4.53. The highest BCUT2D eigenvalue weighted by Crippen LogP contribution is 2.57. The maximum absolute atomic E-state index is 14.0. The van der Waals surface area contributed by atoms with Crippen LogP contribution in [0.25, 0.3) is 0 Å². The standard InChI is InChI=1S/C11H5F5N2O2/c12-10(13)5-2-1-4(5)7-8(11(14,15)16)17-18(9(7)10)3-6(19)20/h4-5H,3H2,(H,19,20)/t4-,5+/m0/s1. The number of aromatic nitrogens is 2. The van der Waals surface area contributed by atoms with E-state index in [-0.39, 0.29) is 4.68 Å². The summed E-state index contributed by atoms with van der Waals surface area (Å²) >= 11 is 0. The molecule has 0 aliphatic heterocycles. The van der Waals surface area contributed by atoms with Crippen molar-refractivity contribution in [2.24, 2.45) is 5.92 Å². The van der Waals surface area contributed by atoms with Crippen LogP contribution in [0.3, 0.4) is 0 Å². The van der Waals surface area contributed by atoms with Crippen molar-refractivity contribution in [1.82, 2.24) is 9.78 Å². The summed E-state index contributed by atoms with van der Waals surface area (Å²) in [6.07, 6.45) is -4.93. The van der Waals surface area contributed by atoms with Crippen molar-refractivity contribution in [2.45, 2.75) is 24.6 Å². The molecule has 0 fully saturated rings. The molecule has 106 valence electrons. The molecule has 9 heteroatoms. The van der Waals surface area contributed by atoms with E-state index in [0.717, 1.165) is 0 Å². The largest absolute Gasteiger partial charge is 0.480 e. The van der Waals surface area contributed by atoms with Gasteiger partial charge in [0.2, 0.25) is 0 Å². The average Bonchev–Trinajstić information content (AvgIpc) is 2.59. The minimum atomic E-state index is -4.93. The number of halogens is 5. The van der Waals surface area contributed by atoms with Gasteiger partial charge in [0.15, 0.2) is 5.69 Å². The lowest BCUT2D eigenvalue weighted by molar-refractivity contribution is -0.144. The van der Waals surface area contributed by atoms with Crippen LogP contribution in [-0.2, 0) is 23.4 Å². The van der Waals surface area contributed by atoms with Gasteiger partial charge in [0, 0.05) is 5.56 Å². The molecule has 1 aromatic heterocycles. The summed E-state index contributed by atoms with van der Waals surface area (Å²) in [4.78, 5) is 10.6. The Morgan fingerprint density at radius 1 is 1.40 bits per heavy atom. The second-order valence-electron chi connectivity index (χ2n) is 4.53. The highest BCUT2D eigenvalue weighted by atomic mass is 19.4. The van der Waals surface area contributed by atoms with E-state index in [2.05, 4.69) is 16.9 Å². The third-order valence-electron chi connectivity index (χ3n) is 3.29. The normalized spacial score (nSPS) is 25.2. The van der Waals surface area contributed by atoms with Crippen LogP contribution in [-0.4, -0.2) is 20.9 Å². The van der Waals surface area contributed by atoms with Crippen molar-refractivity contribution in [3.63, 3.8) is 0 Å². The van der Waals surface area contributed by atoms with Crippen molar-refractivity contribution in [1.29, 1.82) is 0 Å². The number of carbonyl (C=O) groups is 1. The van der Waals surface area contributed by atoms with Crippen molar-refractivity contribution in [3.05, 3.63) is 17.0 Å². The first-order chi connectivity index (χ1) is 9.14. The van der Waals surface area contributed by atoms with Gasteiger partial charge in [-0.2, -0.15) is 27.1 Å². The fraction of sp³-hybridized carbons (Fsp3) is 0.455. The number of hydrogen-bond donors (Lipinski definition) is 1. The van der Waals surface area contributed by atoms with Gasteiger partial charge in [0.05, 0.1) is 5.92 Å². The van der Waals surface area contributed by atoms with E-state index in [1.54, 1.807) is 0 Å². The van der Waals surface area contributed by atoms with Gasteiger partial charge < -0.3 is 5.11 Å². The van der Waals surface area contributed by atoms with Crippen LogP contribution in [0.15, 0.2) is 0 Å². The topological polar surface area (TPSA) is 55.1 Å². The van der Waals surface area contributed by atoms with Gasteiger partial charge in [-0.1, -0.05) is 11.8 Å². The molecule has 3 rings (SSSR count). The lowest BCUT2D eigenvalue weighted by atomic mass is 9.84. The van der Waals surface area contributed by atoms with E-state index < -0.39 is 53.4 Å². The summed E-state index contributed by atoms with van der Waals surface area (Å²) in [5.74, 6) is -3.55. The molecule has 1 aromatic rings. The Hall–Kier alpha value is -2.11. The molecule has 2 aliphatic rings. The molecule has 0 amide bonds. The number of carboxylic acids is 1. The number of rotatable bonds is 2. The first kappa shape index (κ1) is 12.9. The first-order valence-electron chi connectivity index (χ1n) is 5.43. The predicted molar refractivity (Wildman–Crippen MR) is 52.8 cm³/mol. The van der Waals surface area contributed by atoms with E-state index in [1.807, 2.05) is 0 Å². The van der Waals surface area contributed by atoms with Crippen molar-refractivity contribution in [3.8, 4) is 11.8 Å². The molecule has 1 heterocycles. The molecule has 0 bridgehead atoms. The number of fused-ring (bicyclic) bond motifs is 3. The Balaban J connectivity index is 2.24. The summed E-state index contributed by atoms with van der Waals surface area (Å²) in [6, 6.07) is 0. The van der Waals surface area contributed by atoms with Crippen LogP contribution in [0, 0.1) is 17.8 Å². The summed E-state index contributed by atoms with van der Waals surface area (Å²) in [5.41, 5.74) is -3.16. The van der Waals surface area contributed by atoms with Gasteiger partial charge in [-0.05, 0) is 0 Å². The lowest BCUT2D eigenvalue weighted by Crippen LogP contribution is -2.29. The van der Waals surface area contributed by atoms with Gasteiger partial charge in [0.25, 0.3) is 0 Å². The van der Waals surface area contributed by atoms with Crippen LogP contribution in [0.1, 0.15) is 22.9 Å². The molecule has 2 atom stereocenters. The van der Waals surface area contributed by atoms with Crippen molar-refractivity contribution in [2.75, 3.05) is 0 Å². The fourth-order valence-corrected chi connectivity index (χ4v) is 2.51. The molecule has 2 aliphatic carbocycles. The summed E-state index contributed by atoms with van der Waals surface area (Å²) in [5, 5.41) is 11.6. The van der Waals surface area contributed by atoms with Gasteiger partial charge in [-0.15, -0.1) is 0 Å². The molecule has 0 radical (unpaired) electrons. The van der Waals surface area contributed by atoms with E-state index >= 15 is 0 Å². The number of nitrogens with zero attached hydrogens (tertiary/aromatic N) is 2. The van der Waals surface area contributed by atoms with Crippen LogP contribution >= 0.6 is 0 Å². The predicted octanol–water partition coefficient (Wildman–Crippen LogP) is 1.81. The quantitative estimate of drug-likeness (QED) is 0.668. The molecule has 4 nitrogen and oxygen atoms in total. The van der Waals surface area contributed by atoms with Crippen LogP contribution < -0.4 is 0 Å². The van der Waals surface area contributed by atoms with Gasteiger partial charge in [-0.25, -0.2) is 0 Å². The molecule has 0 saturated carbocycles. The molecule has 1 N–H and O–H groups in total. The van der Waals surface area contributed by atoms with Crippen molar-refractivity contribution >= 4 is 5.97 Å². The summed E-state index contributed by atoms with van der Waals surface area (Å²) in [7, 11) is 0. The third-order valence-corrected chi connectivity index (χ3v) is 3.29. The van der Waals surface area contributed by atoms with Gasteiger partial charge >= 0.3 is 18.1 Å².